The van der Waals surface area contributed by atoms with Gasteiger partial charge in [0.1, 0.15) is 42.7 Å². The summed E-state index contributed by atoms with van der Waals surface area (Å²) in [5.74, 6) is 0. The van der Waals surface area contributed by atoms with E-state index in [0.29, 0.717) is 46.2 Å². The van der Waals surface area contributed by atoms with E-state index in [2.05, 4.69) is 16.7 Å². The van der Waals surface area contributed by atoms with Crippen LogP contribution in [0.5, 0.6) is 0 Å². The first-order valence-electron chi connectivity index (χ1n) is 19.9. The molecule has 3 unspecified atom stereocenters. The van der Waals surface area contributed by atoms with Crippen LogP contribution in [0.1, 0.15) is 18.1 Å². The zero-order valence-electron chi connectivity index (χ0n) is 37.7. The average molecular weight is 1080 g/mol. The van der Waals surface area contributed by atoms with Crippen molar-refractivity contribution in [3.8, 4) is 0 Å². The average Bonchev–Trinajstić information content (AvgIpc) is 3.99. The van der Waals surface area contributed by atoms with Crippen molar-refractivity contribution in [2.24, 2.45) is 0 Å². The molecule has 0 spiro atoms. The second-order valence-electron chi connectivity index (χ2n) is 15.2. The Morgan fingerprint density at radius 3 is 1.03 bits per heavy atom. The molecular formula is C37H58O24S6. The molecule has 6 aliphatic rings. The molecule has 30 heteroatoms. The van der Waals surface area contributed by atoms with Gasteiger partial charge in [-0.25, -0.2) is 0 Å². The molecule has 2 aromatic carbocycles. The van der Waals surface area contributed by atoms with Gasteiger partial charge in [0.2, 0.25) is 0 Å². The summed E-state index contributed by atoms with van der Waals surface area (Å²) >= 11 is 0. The maximum Gasteiger partial charge on any atom is 0.297 e. The summed E-state index contributed by atoms with van der Waals surface area (Å²) in [6.45, 7) is 9.84. The highest BCUT2D eigenvalue weighted by atomic mass is 32.2. The lowest BCUT2D eigenvalue weighted by Crippen LogP contribution is -2.37. The number of benzene rings is 2. The quantitative estimate of drug-likeness (QED) is 0.132. The molecule has 0 bridgehead atoms. The molecule has 0 saturated carbocycles. The smallest absolute Gasteiger partial charge is 0.297 e. The topological polar surface area (TPSA) is 332 Å². The van der Waals surface area contributed by atoms with Crippen LogP contribution >= 0.6 is 0 Å². The van der Waals surface area contributed by atoms with Crippen LogP contribution in [-0.2, 0) is 114 Å². The summed E-state index contributed by atoms with van der Waals surface area (Å²) in [5, 5.41) is 0. The molecule has 6 saturated heterocycles. The van der Waals surface area contributed by atoms with E-state index in [4.69, 9.17) is 36.8 Å². The summed E-state index contributed by atoms with van der Waals surface area (Å²) in [6, 6.07) is 13.1. The van der Waals surface area contributed by atoms with E-state index in [1.807, 2.05) is 13.8 Å². The van der Waals surface area contributed by atoms with Gasteiger partial charge in [-0.1, -0.05) is 35.4 Å². The lowest BCUT2D eigenvalue weighted by molar-refractivity contribution is -0.0769. The minimum absolute atomic E-state index is 0.0136. The molecule has 6 fully saturated rings. The van der Waals surface area contributed by atoms with E-state index in [-0.39, 0.29) is 78.9 Å². The van der Waals surface area contributed by atoms with Crippen molar-refractivity contribution in [1.82, 2.24) is 0 Å². The standard InChI is InChI=1S/2C10H12O4S.C5H10O4S.3C4H8O4S/c1-8-2-4-10(5-3-8)15(11,12)14-7-9-6-13-9;1-8-2-4-10(5-3-8)15(11,12)14-9-6-13-7-9;1-4(5-3-8-5)9-10(2,6)7;3*1-9(5,6)8-3-4-2-7-4/h2*2-5,9H,6-7H2,1H3;4-5H,3H2,1-2H3;3*4H,2-3H2,1H3/t9-;;;2*4-;/m0..10./s1. The normalized spacial score (nSPS) is 23.1. The van der Waals surface area contributed by atoms with E-state index in [1.54, 1.807) is 55.5 Å². The highest BCUT2D eigenvalue weighted by molar-refractivity contribution is 7.87. The van der Waals surface area contributed by atoms with Crippen molar-refractivity contribution in [3.05, 3.63) is 59.7 Å². The maximum absolute atomic E-state index is 11.7. The van der Waals surface area contributed by atoms with E-state index in [1.165, 1.54) is 0 Å². The fourth-order valence-corrected chi connectivity index (χ4v) is 7.93. The van der Waals surface area contributed by atoms with Gasteiger partial charge in [-0.05, 0) is 45.0 Å². The van der Waals surface area contributed by atoms with E-state index < -0.39 is 60.7 Å². The van der Waals surface area contributed by atoms with Crippen molar-refractivity contribution < 1.29 is 104 Å². The number of hydrogen-bond donors (Lipinski definition) is 0. The minimum Gasteiger partial charge on any atom is -0.376 e. The van der Waals surface area contributed by atoms with Gasteiger partial charge in [-0.2, -0.15) is 50.5 Å². The Hall–Kier alpha value is -2.34. The van der Waals surface area contributed by atoms with Crippen molar-refractivity contribution >= 4 is 60.7 Å². The van der Waals surface area contributed by atoms with Gasteiger partial charge in [-0.15, -0.1) is 0 Å². The molecule has 67 heavy (non-hydrogen) atoms. The first-order chi connectivity index (χ1) is 30.9. The predicted molar refractivity (Wildman–Crippen MR) is 235 cm³/mol. The van der Waals surface area contributed by atoms with Crippen LogP contribution < -0.4 is 0 Å². The molecule has 24 nitrogen and oxygen atoms in total. The van der Waals surface area contributed by atoms with Crippen molar-refractivity contribution in [2.45, 2.75) is 73.3 Å². The third kappa shape index (κ3) is 30.8. The van der Waals surface area contributed by atoms with Gasteiger partial charge in [0, 0.05) is 0 Å². The Bertz CT molecular complexity index is 2390. The molecular weight excluding hydrogens is 1020 g/mol. The molecule has 0 aromatic heterocycles. The van der Waals surface area contributed by atoms with Gasteiger partial charge < -0.3 is 28.4 Å². The van der Waals surface area contributed by atoms with Crippen LogP contribution in [0, 0.1) is 13.8 Å². The Morgan fingerprint density at radius 2 is 0.776 bits per heavy atom. The lowest BCUT2D eigenvalue weighted by Gasteiger charge is -2.25. The highest BCUT2D eigenvalue weighted by Crippen LogP contribution is 2.20. The van der Waals surface area contributed by atoms with Crippen molar-refractivity contribution in [2.75, 3.05) is 97.7 Å². The summed E-state index contributed by atoms with van der Waals surface area (Å²) in [4.78, 5) is 0.383. The maximum atomic E-state index is 11.7. The highest BCUT2D eigenvalue weighted by Gasteiger charge is 2.33. The number of epoxide rings is 5. The van der Waals surface area contributed by atoms with Crippen molar-refractivity contribution in [3.63, 3.8) is 0 Å². The summed E-state index contributed by atoms with van der Waals surface area (Å²) < 4.78 is 186. The van der Waals surface area contributed by atoms with Gasteiger partial charge >= 0.3 is 0 Å². The predicted octanol–water partition coefficient (Wildman–Crippen LogP) is 0.0323. The lowest BCUT2D eigenvalue weighted by atomic mass is 10.2. The number of rotatable bonds is 19. The molecule has 6 aliphatic heterocycles. The number of hydrogen-bond acceptors (Lipinski definition) is 24. The monoisotopic (exact) mass is 1080 g/mol. The fourth-order valence-electron chi connectivity index (χ4n) is 4.07. The molecule has 0 aliphatic carbocycles. The zero-order valence-corrected chi connectivity index (χ0v) is 42.6. The van der Waals surface area contributed by atoms with E-state index >= 15 is 0 Å². The number of aryl methyl sites for hydroxylation is 2. The van der Waals surface area contributed by atoms with Crippen LogP contribution in [0.2, 0.25) is 0 Å². The fraction of sp³-hybridized carbons (Fsp3) is 0.676. The van der Waals surface area contributed by atoms with Gasteiger partial charge in [0.25, 0.3) is 60.7 Å². The van der Waals surface area contributed by atoms with E-state index in [0.717, 1.165) is 36.1 Å². The third-order valence-electron chi connectivity index (χ3n) is 8.12. The molecule has 0 N–H and O–H groups in total. The summed E-state index contributed by atoms with van der Waals surface area (Å²) in [7, 11) is -20.3. The molecule has 2 aromatic rings. The molecule has 6 heterocycles. The largest absolute Gasteiger partial charge is 0.376 e. The zero-order chi connectivity index (χ0) is 50.3. The van der Waals surface area contributed by atoms with Crippen molar-refractivity contribution in [1.29, 1.82) is 0 Å². The SMILES string of the molecule is CC(OS(C)(=O)=O)C1CO1.CS(=O)(=O)OCC1CO1.CS(=O)(=O)OC[C@@H]1CO1.CS(=O)(=O)OC[C@H]1CO1.Cc1ccc(S(=O)(=O)OC2COC2)cc1.Cc1ccc(S(=O)(=O)OC[C@@H]2CO2)cc1. The minimum atomic E-state index is -3.62. The molecule has 0 radical (unpaired) electrons. The molecule has 386 valence electrons. The van der Waals surface area contributed by atoms with Gasteiger partial charge in [-0.3, -0.25) is 25.1 Å². The first kappa shape index (κ1) is 59.0. The Labute approximate surface area is 393 Å². The third-order valence-corrected chi connectivity index (χ3v) is 13.1. The van der Waals surface area contributed by atoms with Crippen LogP contribution in [0.4, 0.5) is 0 Å². The first-order valence-corrected chi connectivity index (χ1v) is 30.0. The van der Waals surface area contributed by atoms with Crippen LogP contribution in [0.3, 0.4) is 0 Å². The van der Waals surface area contributed by atoms with Crippen LogP contribution in [0.15, 0.2) is 58.3 Å². The molecule has 0 amide bonds. The van der Waals surface area contributed by atoms with Crippen LogP contribution in [0.25, 0.3) is 0 Å². The second kappa shape index (κ2) is 26.2. The molecule has 8 rings (SSSR count). The summed E-state index contributed by atoms with van der Waals surface area (Å²) in [6.07, 6.45) is 3.41. The Balaban J connectivity index is 0.000000217. The Morgan fingerprint density at radius 1 is 0.463 bits per heavy atom. The number of ether oxygens (including phenoxy) is 6. The van der Waals surface area contributed by atoms with Crippen LogP contribution in [-0.4, -0.2) is 191 Å². The van der Waals surface area contributed by atoms with Gasteiger partial charge in [0.05, 0.1) is 107 Å². The summed E-state index contributed by atoms with van der Waals surface area (Å²) in [5.41, 5.74) is 2.03. The van der Waals surface area contributed by atoms with E-state index in [9.17, 15) is 50.5 Å². The Kier molecular flexibility index (Phi) is 23.1. The second-order valence-corrected chi connectivity index (χ2v) is 25.0. The van der Waals surface area contributed by atoms with Gasteiger partial charge in [0.15, 0.2) is 0 Å². The molecule has 6 atom stereocenters.